The maximum absolute atomic E-state index is 12.1. The molecule has 0 fully saturated rings. The molecule has 18 heavy (non-hydrogen) atoms. The van der Waals surface area contributed by atoms with E-state index in [1.807, 2.05) is 0 Å². The van der Waals surface area contributed by atoms with Gasteiger partial charge in [-0.05, 0) is 19.1 Å². The SMILES string of the molecule is CC(O)CN(C)S(=O)(=O)c1ccc(C(N)=S)cc1. The number of aliphatic hydroxyl groups excluding tert-OH is 1. The van der Waals surface area contributed by atoms with Crippen LogP contribution in [0.15, 0.2) is 29.2 Å². The van der Waals surface area contributed by atoms with Gasteiger partial charge in [0, 0.05) is 19.2 Å². The van der Waals surface area contributed by atoms with Crippen LogP contribution in [-0.4, -0.2) is 42.5 Å². The van der Waals surface area contributed by atoms with Crippen LogP contribution in [0.3, 0.4) is 0 Å². The highest BCUT2D eigenvalue weighted by Crippen LogP contribution is 2.15. The van der Waals surface area contributed by atoms with E-state index in [2.05, 4.69) is 0 Å². The first-order valence-corrected chi connectivity index (χ1v) is 7.14. The average Bonchev–Trinajstić information content (AvgIpc) is 2.28. The molecule has 5 nitrogen and oxygen atoms in total. The van der Waals surface area contributed by atoms with Crippen LogP contribution in [0.25, 0.3) is 0 Å². The number of aliphatic hydroxyl groups is 1. The maximum atomic E-state index is 12.1. The molecule has 1 aromatic carbocycles. The van der Waals surface area contributed by atoms with Gasteiger partial charge in [0.05, 0.1) is 11.0 Å². The van der Waals surface area contributed by atoms with Crippen molar-refractivity contribution in [3.05, 3.63) is 29.8 Å². The van der Waals surface area contributed by atoms with Gasteiger partial charge in [-0.15, -0.1) is 0 Å². The third-order valence-electron chi connectivity index (χ3n) is 2.37. The minimum Gasteiger partial charge on any atom is -0.392 e. The van der Waals surface area contributed by atoms with Gasteiger partial charge in [0.1, 0.15) is 4.99 Å². The van der Waals surface area contributed by atoms with Crippen molar-refractivity contribution in [3.8, 4) is 0 Å². The Morgan fingerprint density at radius 1 is 1.44 bits per heavy atom. The van der Waals surface area contributed by atoms with Gasteiger partial charge >= 0.3 is 0 Å². The van der Waals surface area contributed by atoms with E-state index in [0.717, 1.165) is 4.31 Å². The lowest BCUT2D eigenvalue weighted by Crippen LogP contribution is -2.33. The zero-order valence-corrected chi connectivity index (χ0v) is 11.8. The predicted molar refractivity (Wildman–Crippen MR) is 73.8 cm³/mol. The highest BCUT2D eigenvalue weighted by Gasteiger charge is 2.21. The number of rotatable bonds is 5. The van der Waals surface area contributed by atoms with Crippen molar-refractivity contribution >= 4 is 27.2 Å². The number of nitrogens with zero attached hydrogens (tertiary/aromatic N) is 1. The zero-order valence-electron chi connectivity index (χ0n) is 10.2. The van der Waals surface area contributed by atoms with Gasteiger partial charge in [-0.3, -0.25) is 0 Å². The van der Waals surface area contributed by atoms with Crippen molar-refractivity contribution in [1.29, 1.82) is 0 Å². The van der Waals surface area contributed by atoms with E-state index in [0.29, 0.717) is 5.56 Å². The molecule has 0 saturated heterocycles. The van der Waals surface area contributed by atoms with Crippen molar-refractivity contribution in [2.75, 3.05) is 13.6 Å². The van der Waals surface area contributed by atoms with Crippen LogP contribution < -0.4 is 5.73 Å². The van der Waals surface area contributed by atoms with Crippen molar-refractivity contribution in [1.82, 2.24) is 4.31 Å². The Kier molecular flexibility index (Phi) is 4.80. The summed E-state index contributed by atoms with van der Waals surface area (Å²) in [7, 11) is -2.17. The number of benzene rings is 1. The van der Waals surface area contributed by atoms with Crippen molar-refractivity contribution in [2.45, 2.75) is 17.9 Å². The summed E-state index contributed by atoms with van der Waals surface area (Å²) in [5, 5.41) is 9.21. The summed E-state index contributed by atoms with van der Waals surface area (Å²) in [5.74, 6) is 0. The number of likely N-dealkylation sites (N-methyl/N-ethyl adjacent to an activating group) is 1. The van der Waals surface area contributed by atoms with Crippen LogP contribution >= 0.6 is 12.2 Å². The van der Waals surface area contributed by atoms with E-state index in [9.17, 15) is 13.5 Å². The molecule has 1 unspecified atom stereocenters. The summed E-state index contributed by atoms with van der Waals surface area (Å²) in [6.45, 7) is 1.57. The summed E-state index contributed by atoms with van der Waals surface area (Å²) >= 11 is 4.79. The van der Waals surface area contributed by atoms with Gasteiger partial charge in [-0.1, -0.05) is 24.4 Å². The molecule has 0 aliphatic rings. The molecular weight excluding hydrogens is 272 g/mol. The van der Waals surface area contributed by atoms with Crippen LogP contribution in [0, 0.1) is 0 Å². The fourth-order valence-electron chi connectivity index (χ4n) is 1.44. The summed E-state index contributed by atoms with van der Waals surface area (Å²) in [6.07, 6.45) is -0.722. The van der Waals surface area contributed by atoms with Gasteiger partial charge in [0.2, 0.25) is 10.0 Å². The number of sulfonamides is 1. The number of hydrogen-bond donors (Lipinski definition) is 2. The summed E-state index contributed by atoms with van der Waals surface area (Å²) in [6, 6.07) is 6.02. The van der Waals surface area contributed by atoms with E-state index < -0.39 is 16.1 Å². The Balaban J connectivity index is 3.02. The summed E-state index contributed by atoms with van der Waals surface area (Å²) < 4.78 is 25.3. The smallest absolute Gasteiger partial charge is 0.242 e. The van der Waals surface area contributed by atoms with Crippen LogP contribution in [0.1, 0.15) is 12.5 Å². The van der Waals surface area contributed by atoms with Gasteiger partial charge in [0.25, 0.3) is 0 Å². The Morgan fingerprint density at radius 2 is 1.94 bits per heavy atom. The van der Waals surface area contributed by atoms with Gasteiger partial charge in [-0.25, -0.2) is 8.42 Å². The Bertz CT molecular complexity index is 524. The van der Waals surface area contributed by atoms with Crippen molar-refractivity contribution in [3.63, 3.8) is 0 Å². The zero-order chi connectivity index (χ0) is 13.9. The van der Waals surface area contributed by atoms with Crippen molar-refractivity contribution < 1.29 is 13.5 Å². The number of nitrogens with two attached hydrogens (primary N) is 1. The normalized spacial score (nSPS) is 13.6. The van der Waals surface area contributed by atoms with E-state index in [-0.39, 0.29) is 16.4 Å². The lowest BCUT2D eigenvalue weighted by molar-refractivity contribution is 0.171. The molecule has 0 saturated carbocycles. The number of thiocarbonyl (C=S) groups is 1. The van der Waals surface area contributed by atoms with Gasteiger partial charge in [-0.2, -0.15) is 4.31 Å². The third kappa shape index (κ3) is 3.49. The second-order valence-corrected chi connectivity index (χ2v) is 6.51. The monoisotopic (exact) mass is 288 g/mol. The third-order valence-corrected chi connectivity index (χ3v) is 4.44. The Morgan fingerprint density at radius 3 is 2.33 bits per heavy atom. The maximum Gasteiger partial charge on any atom is 0.242 e. The first-order valence-electron chi connectivity index (χ1n) is 5.29. The Hall–Kier alpha value is -1.02. The molecule has 1 aromatic rings. The molecule has 3 N–H and O–H groups in total. The van der Waals surface area contributed by atoms with Crippen LogP contribution in [-0.2, 0) is 10.0 Å². The molecule has 0 bridgehead atoms. The predicted octanol–water partition coefficient (Wildman–Crippen LogP) is 0.322. The van der Waals surface area contributed by atoms with E-state index in [4.69, 9.17) is 18.0 Å². The number of hydrogen-bond acceptors (Lipinski definition) is 4. The largest absolute Gasteiger partial charge is 0.392 e. The molecule has 0 amide bonds. The average molecular weight is 288 g/mol. The minimum atomic E-state index is -3.59. The molecule has 0 aliphatic carbocycles. The van der Waals surface area contributed by atoms with Crippen LogP contribution in [0.5, 0.6) is 0 Å². The van der Waals surface area contributed by atoms with Crippen LogP contribution in [0.2, 0.25) is 0 Å². The first kappa shape index (κ1) is 15.0. The molecule has 0 spiro atoms. The standard InChI is InChI=1S/C11H16N2O3S2/c1-8(14)7-13(2)18(15,16)10-5-3-9(4-6-10)11(12)17/h3-6,8,14H,7H2,1-2H3,(H2,12,17). The quantitative estimate of drug-likeness (QED) is 0.763. The summed E-state index contributed by atoms with van der Waals surface area (Å²) in [5.41, 5.74) is 6.05. The lowest BCUT2D eigenvalue weighted by Gasteiger charge is -2.18. The molecule has 0 aromatic heterocycles. The topological polar surface area (TPSA) is 83.6 Å². The van der Waals surface area contributed by atoms with Crippen LogP contribution in [0.4, 0.5) is 0 Å². The second-order valence-electron chi connectivity index (χ2n) is 4.02. The fourth-order valence-corrected chi connectivity index (χ4v) is 2.83. The molecule has 0 aliphatic heterocycles. The molecule has 7 heteroatoms. The van der Waals surface area contributed by atoms with Gasteiger partial charge in [0.15, 0.2) is 0 Å². The first-order chi connectivity index (χ1) is 8.25. The molecule has 0 heterocycles. The summed E-state index contributed by atoms with van der Waals surface area (Å²) in [4.78, 5) is 0.363. The Labute approximate surface area is 112 Å². The minimum absolute atomic E-state index is 0.0411. The van der Waals surface area contributed by atoms with E-state index >= 15 is 0 Å². The lowest BCUT2D eigenvalue weighted by atomic mass is 10.2. The highest BCUT2D eigenvalue weighted by molar-refractivity contribution is 7.89. The highest BCUT2D eigenvalue weighted by atomic mass is 32.2. The second kappa shape index (κ2) is 5.75. The van der Waals surface area contributed by atoms with E-state index in [1.165, 1.54) is 26.1 Å². The molecular formula is C11H16N2O3S2. The molecule has 100 valence electrons. The van der Waals surface area contributed by atoms with Gasteiger partial charge < -0.3 is 10.8 Å². The molecule has 1 rings (SSSR count). The van der Waals surface area contributed by atoms with Crippen molar-refractivity contribution in [2.24, 2.45) is 5.73 Å². The molecule has 0 radical (unpaired) electrons. The fraction of sp³-hybridized carbons (Fsp3) is 0.364. The molecule has 1 atom stereocenters. The van der Waals surface area contributed by atoms with E-state index in [1.54, 1.807) is 12.1 Å².